The molecule has 0 atom stereocenters. The number of ether oxygens (including phenoxy) is 1. The van der Waals surface area contributed by atoms with E-state index in [0.29, 0.717) is 36.6 Å². The van der Waals surface area contributed by atoms with E-state index in [1.165, 1.54) is 11.3 Å². The lowest BCUT2D eigenvalue weighted by Crippen LogP contribution is -2.40. The average Bonchev–Trinajstić information content (AvgIpc) is 3.02. The number of aryl methyl sites for hydroxylation is 1. The Morgan fingerprint density at radius 1 is 1.22 bits per heavy atom. The second-order valence-corrected chi connectivity index (χ2v) is 6.81. The second kappa shape index (κ2) is 5.47. The number of pyridine rings is 1. The van der Waals surface area contributed by atoms with E-state index in [4.69, 9.17) is 4.74 Å². The molecule has 0 saturated carbocycles. The second-order valence-electron chi connectivity index (χ2n) is 5.76. The summed E-state index contributed by atoms with van der Waals surface area (Å²) in [7, 11) is 0. The normalized spacial score (nSPS) is 15.4. The van der Waals surface area contributed by atoms with Gasteiger partial charge >= 0.3 is 0 Å². The molecule has 1 aliphatic rings. The molecule has 118 valence electrons. The molecule has 3 heterocycles. The standard InChI is InChI=1S/C17H16N2O3S/c1-10-2-3-13-11(8-10)15-12(16(20)18-13)9-14(23-15)17(21)19-4-6-22-7-5-19/h2-3,8-9H,4-7H2,1H3,(H,18,20). The van der Waals surface area contributed by atoms with E-state index in [9.17, 15) is 9.59 Å². The van der Waals surface area contributed by atoms with E-state index in [2.05, 4.69) is 4.98 Å². The summed E-state index contributed by atoms with van der Waals surface area (Å²) in [6.07, 6.45) is 0. The number of carbonyl (C=O) groups excluding carboxylic acids is 1. The zero-order valence-electron chi connectivity index (χ0n) is 12.7. The van der Waals surface area contributed by atoms with Crippen LogP contribution in [0.25, 0.3) is 21.0 Å². The molecule has 4 rings (SSSR count). The Labute approximate surface area is 136 Å². The molecule has 1 aliphatic heterocycles. The highest BCUT2D eigenvalue weighted by Gasteiger charge is 2.21. The van der Waals surface area contributed by atoms with Crippen LogP contribution in [0.3, 0.4) is 0 Å². The van der Waals surface area contributed by atoms with Gasteiger partial charge < -0.3 is 14.6 Å². The van der Waals surface area contributed by atoms with Crippen LogP contribution in [0.5, 0.6) is 0 Å². The molecule has 1 aromatic carbocycles. The SMILES string of the molecule is Cc1ccc2[nH]c(=O)c3cc(C(=O)N4CCOCC4)sc3c2c1. The molecule has 2 aromatic heterocycles. The molecular weight excluding hydrogens is 312 g/mol. The van der Waals surface area contributed by atoms with Gasteiger partial charge in [-0.05, 0) is 25.1 Å². The minimum absolute atomic E-state index is 0.0188. The van der Waals surface area contributed by atoms with Crippen molar-refractivity contribution in [1.29, 1.82) is 0 Å². The molecule has 0 unspecified atom stereocenters. The van der Waals surface area contributed by atoms with Gasteiger partial charge in [0.05, 0.1) is 23.5 Å². The Balaban J connectivity index is 1.88. The highest BCUT2D eigenvalue weighted by Crippen LogP contribution is 2.30. The maximum Gasteiger partial charge on any atom is 0.264 e. The highest BCUT2D eigenvalue weighted by molar-refractivity contribution is 7.21. The van der Waals surface area contributed by atoms with Gasteiger partial charge in [-0.1, -0.05) is 11.6 Å². The predicted molar refractivity (Wildman–Crippen MR) is 91.4 cm³/mol. The minimum atomic E-state index is -0.145. The lowest BCUT2D eigenvalue weighted by molar-refractivity contribution is 0.0306. The van der Waals surface area contributed by atoms with Crippen molar-refractivity contribution in [3.05, 3.63) is 45.1 Å². The minimum Gasteiger partial charge on any atom is -0.378 e. The number of nitrogens with one attached hydrogen (secondary N) is 1. The third-order valence-electron chi connectivity index (χ3n) is 4.15. The number of hydrogen-bond donors (Lipinski definition) is 1. The van der Waals surface area contributed by atoms with E-state index in [1.54, 1.807) is 11.0 Å². The maximum atomic E-state index is 12.7. The van der Waals surface area contributed by atoms with Crippen LogP contribution in [0.4, 0.5) is 0 Å². The quantitative estimate of drug-likeness (QED) is 0.747. The molecule has 0 spiro atoms. The molecule has 23 heavy (non-hydrogen) atoms. The Morgan fingerprint density at radius 3 is 2.78 bits per heavy atom. The molecule has 1 amide bonds. The van der Waals surface area contributed by atoms with Crippen LogP contribution in [-0.2, 0) is 4.74 Å². The first-order chi connectivity index (χ1) is 11.1. The Hall–Kier alpha value is -2.18. The summed E-state index contributed by atoms with van der Waals surface area (Å²) in [5, 5.41) is 1.58. The summed E-state index contributed by atoms with van der Waals surface area (Å²) in [6, 6.07) is 7.65. The van der Waals surface area contributed by atoms with Crippen LogP contribution in [0, 0.1) is 6.92 Å². The van der Waals surface area contributed by atoms with Crippen molar-refractivity contribution in [1.82, 2.24) is 9.88 Å². The predicted octanol–water partition coefficient (Wildman–Crippen LogP) is 2.52. The Morgan fingerprint density at radius 2 is 2.00 bits per heavy atom. The monoisotopic (exact) mass is 328 g/mol. The molecule has 1 N–H and O–H groups in total. The number of morpholine rings is 1. The van der Waals surface area contributed by atoms with Gasteiger partial charge in [0, 0.05) is 28.7 Å². The molecule has 1 saturated heterocycles. The first kappa shape index (κ1) is 14.4. The van der Waals surface area contributed by atoms with Gasteiger partial charge in [0.15, 0.2) is 0 Å². The van der Waals surface area contributed by atoms with Gasteiger partial charge in [-0.15, -0.1) is 11.3 Å². The summed E-state index contributed by atoms with van der Waals surface area (Å²) in [6.45, 7) is 4.36. The van der Waals surface area contributed by atoms with Crippen LogP contribution < -0.4 is 5.56 Å². The molecule has 0 radical (unpaired) electrons. The van der Waals surface area contributed by atoms with E-state index in [0.717, 1.165) is 21.2 Å². The van der Waals surface area contributed by atoms with Crippen LogP contribution in [0.1, 0.15) is 15.2 Å². The summed E-state index contributed by atoms with van der Waals surface area (Å²) >= 11 is 1.40. The number of benzene rings is 1. The largest absolute Gasteiger partial charge is 0.378 e. The van der Waals surface area contributed by atoms with Crippen molar-refractivity contribution in [3.63, 3.8) is 0 Å². The first-order valence-electron chi connectivity index (χ1n) is 7.57. The number of hydrogen-bond acceptors (Lipinski definition) is 4. The van der Waals surface area contributed by atoms with Gasteiger partial charge in [-0.2, -0.15) is 0 Å². The van der Waals surface area contributed by atoms with Crippen molar-refractivity contribution in [3.8, 4) is 0 Å². The Kier molecular flexibility index (Phi) is 3.43. The number of amides is 1. The zero-order valence-corrected chi connectivity index (χ0v) is 13.5. The number of H-pyrrole nitrogens is 1. The summed E-state index contributed by atoms with van der Waals surface area (Å²) < 4.78 is 6.17. The van der Waals surface area contributed by atoms with Crippen molar-refractivity contribution in [2.45, 2.75) is 6.92 Å². The van der Waals surface area contributed by atoms with Crippen LogP contribution in [0.15, 0.2) is 29.1 Å². The van der Waals surface area contributed by atoms with Gasteiger partial charge in [0.1, 0.15) is 0 Å². The van der Waals surface area contributed by atoms with Crippen LogP contribution in [-0.4, -0.2) is 42.1 Å². The average molecular weight is 328 g/mol. The number of carbonyl (C=O) groups is 1. The van der Waals surface area contributed by atoms with Crippen molar-refractivity contribution in [2.24, 2.45) is 0 Å². The van der Waals surface area contributed by atoms with Gasteiger partial charge in [-0.25, -0.2) is 0 Å². The van der Waals surface area contributed by atoms with E-state index in [1.807, 2.05) is 25.1 Å². The zero-order chi connectivity index (χ0) is 16.0. The lowest BCUT2D eigenvalue weighted by atomic mass is 10.1. The molecule has 0 aliphatic carbocycles. The topological polar surface area (TPSA) is 62.4 Å². The smallest absolute Gasteiger partial charge is 0.264 e. The number of rotatable bonds is 1. The molecular formula is C17H16N2O3S. The molecule has 1 fully saturated rings. The number of aromatic nitrogens is 1. The Bertz CT molecular complexity index is 967. The van der Waals surface area contributed by atoms with Gasteiger partial charge in [0.2, 0.25) is 0 Å². The molecule has 3 aromatic rings. The van der Waals surface area contributed by atoms with Crippen molar-refractivity contribution in [2.75, 3.05) is 26.3 Å². The highest BCUT2D eigenvalue weighted by atomic mass is 32.1. The van der Waals surface area contributed by atoms with Crippen molar-refractivity contribution < 1.29 is 9.53 Å². The van der Waals surface area contributed by atoms with Gasteiger partial charge in [-0.3, -0.25) is 9.59 Å². The summed E-state index contributed by atoms with van der Waals surface area (Å²) in [4.78, 5) is 30.2. The lowest BCUT2D eigenvalue weighted by Gasteiger charge is -2.26. The molecule has 6 heteroatoms. The molecule has 5 nitrogen and oxygen atoms in total. The third-order valence-corrected chi connectivity index (χ3v) is 5.31. The fourth-order valence-corrected chi connectivity index (χ4v) is 4.09. The number of aromatic amines is 1. The van der Waals surface area contributed by atoms with Gasteiger partial charge in [0.25, 0.3) is 11.5 Å². The number of nitrogens with zero attached hydrogens (tertiary/aromatic N) is 1. The maximum absolute atomic E-state index is 12.7. The fourth-order valence-electron chi connectivity index (χ4n) is 2.93. The van der Waals surface area contributed by atoms with Crippen molar-refractivity contribution >= 4 is 38.2 Å². The molecule has 0 bridgehead atoms. The van der Waals surface area contributed by atoms with Crippen LogP contribution in [0.2, 0.25) is 0 Å². The summed E-state index contributed by atoms with van der Waals surface area (Å²) in [5.74, 6) is -0.0188. The number of fused-ring (bicyclic) bond motifs is 3. The van der Waals surface area contributed by atoms with Crippen LogP contribution >= 0.6 is 11.3 Å². The van der Waals surface area contributed by atoms with E-state index < -0.39 is 0 Å². The van der Waals surface area contributed by atoms with E-state index >= 15 is 0 Å². The third kappa shape index (κ3) is 2.44. The number of thiophene rings is 1. The fraction of sp³-hybridized carbons (Fsp3) is 0.294. The first-order valence-corrected chi connectivity index (χ1v) is 8.38. The summed E-state index contributed by atoms with van der Waals surface area (Å²) in [5.41, 5.74) is 1.79. The van der Waals surface area contributed by atoms with E-state index in [-0.39, 0.29) is 11.5 Å².